The first-order valence-electron chi connectivity index (χ1n) is 10.2. The lowest BCUT2D eigenvalue weighted by molar-refractivity contribution is -0.125. The van der Waals surface area contributed by atoms with Crippen LogP contribution in [0.3, 0.4) is 0 Å². The summed E-state index contributed by atoms with van der Waals surface area (Å²) in [6.45, 7) is 12.2. The van der Waals surface area contributed by atoms with E-state index in [0.717, 1.165) is 19.6 Å². The molecule has 1 aromatic heterocycles. The van der Waals surface area contributed by atoms with Gasteiger partial charge in [0.25, 0.3) is 0 Å². The number of hydrogen-bond acceptors (Lipinski definition) is 3. The van der Waals surface area contributed by atoms with Crippen molar-refractivity contribution in [2.75, 3.05) is 19.6 Å². The zero-order valence-corrected chi connectivity index (χ0v) is 17.8. The average molecular weight is 385 g/mol. The van der Waals surface area contributed by atoms with Gasteiger partial charge in [-0.25, -0.2) is 0 Å². The number of nitrogens with zero attached hydrogens (tertiary/aromatic N) is 3. The summed E-state index contributed by atoms with van der Waals surface area (Å²) in [6.07, 6.45) is 10.8. The number of aromatic nitrogens is 2. The predicted octanol–water partition coefficient (Wildman–Crippen LogP) is 4.36. The maximum Gasteiger partial charge on any atom is 0.224 e. The fourth-order valence-corrected chi connectivity index (χ4v) is 3.24. The van der Waals surface area contributed by atoms with Crippen molar-refractivity contribution >= 4 is 17.5 Å². The van der Waals surface area contributed by atoms with Crippen LogP contribution in [-0.4, -0.2) is 46.3 Å². The van der Waals surface area contributed by atoms with E-state index in [1.165, 1.54) is 38.5 Å². The van der Waals surface area contributed by atoms with E-state index in [-0.39, 0.29) is 17.9 Å². The van der Waals surface area contributed by atoms with Crippen LogP contribution < -0.4 is 5.32 Å². The van der Waals surface area contributed by atoms with E-state index < -0.39 is 0 Å². The molecule has 0 radical (unpaired) electrons. The molecule has 1 heterocycles. The van der Waals surface area contributed by atoms with Gasteiger partial charge in [0, 0.05) is 18.8 Å². The van der Waals surface area contributed by atoms with Gasteiger partial charge in [-0.05, 0) is 32.9 Å². The van der Waals surface area contributed by atoms with Crippen molar-refractivity contribution in [3.63, 3.8) is 0 Å². The molecule has 0 bridgehead atoms. The number of carbonyl (C=O) groups is 1. The fourth-order valence-electron chi connectivity index (χ4n) is 3.08. The van der Waals surface area contributed by atoms with E-state index in [0.29, 0.717) is 11.6 Å². The Balaban J connectivity index is 2.42. The van der Waals surface area contributed by atoms with E-state index >= 15 is 0 Å². The second-order valence-electron chi connectivity index (χ2n) is 7.41. The Labute approximate surface area is 164 Å². The third kappa shape index (κ3) is 9.58. The quantitative estimate of drug-likeness (QED) is 0.485. The van der Waals surface area contributed by atoms with Crippen LogP contribution in [0.4, 0.5) is 0 Å². The third-order valence-electron chi connectivity index (χ3n) is 4.59. The Morgan fingerprint density at radius 1 is 1.19 bits per heavy atom. The lowest BCUT2D eigenvalue weighted by Gasteiger charge is -2.27. The molecule has 0 aliphatic heterocycles. The molecule has 6 heteroatoms. The predicted molar refractivity (Wildman–Crippen MR) is 109 cm³/mol. The molecule has 0 fully saturated rings. The maximum absolute atomic E-state index is 12.5. The number of carbonyl (C=O) groups excluding carboxylic acids is 1. The molecule has 0 saturated carbocycles. The van der Waals surface area contributed by atoms with Gasteiger partial charge in [-0.1, -0.05) is 58.1 Å². The monoisotopic (exact) mass is 384 g/mol. The molecular formula is C20H37ClN4O. The molecule has 5 nitrogen and oxygen atoms in total. The van der Waals surface area contributed by atoms with Crippen molar-refractivity contribution in [2.45, 2.75) is 78.8 Å². The highest BCUT2D eigenvalue weighted by molar-refractivity contribution is 6.30. The van der Waals surface area contributed by atoms with E-state index in [4.69, 9.17) is 11.6 Å². The molecule has 26 heavy (non-hydrogen) atoms. The average Bonchev–Trinajstić information content (AvgIpc) is 2.99. The number of halogens is 1. The largest absolute Gasteiger partial charge is 0.352 e. The second kappa shape index (κ2) is 13.2. The van der Waals surface area contributed by atoms with Gasteiger partial charge in [0.05, 0.1) is 23.7 Å². The highest BCUT2D eigenvalue weighted by Crippen LogP contribution is 2.08. The van der Waals surface area contributed by atoms with Crippen molar-refractivity contribution < 1.29 is 4.79 Å². The SMILES string of the molecule is CCCCCN(CCCCC)CC(C)NC(=O)C(C)Cn1cc(Cl)cn1. The van der Waals surface area contributed by atoms with Crippen LogP contribution in [-0.2, 0) is 11.3 Å². The molecule has 0 saturated heterocycles. The van der Waals surface area contributed by atoms with Crippen LogP contribution in [0.25, 0.3) is 0 Å². The molecule has 1 rings (SSSR count). The highest BCUT2D eigenvalue weighted by Gasteiger charge is 2.18. The first kappa shape index (κ1) is 23.0. The summed E-state index contributed by atoms with van der Waals surface area (Å²) >= 11 is 5.88. The van der Waals surface area contributed by atoms with Crippen molar-refractivity contribution in [2.24, 2.45) is 5.92 Å². The molecule has 1 N–H and O–H groups in total. The normalized spacial score (nSPS) is 13.8. The lowest BCUT2D eigenvalue weighted by atomic mass is 10.1. The fraction of sp³-hybridized carbons (Fsp3) is 0.800. The van der Waals surface area contributed by atoms with Crippen LogP contribution in [0.1, 0.15) is 66.2 Å². The summed E-state index contributed by atoms with van der Waals surface area (Å²) in [5.41, 5.74) is 0. The van der Waals surface area contributed by atoms with Gasteiger partial charge >= 0.3 is 0 Å². The minimum absolute atomic E-state index is 0.0752. The zero-order valence-electron chi connectivity index (χ0n) is 17.0. The topological polar surface area (TPSA) is 50.2 Å². The van der Waals surface area contributed by atoms with E-state index in [9.17, 15) is 4.79 Å². The first-order chi connectivity index (χ1) is 12.5. The minimum atomic E-state index is -0.137. The molecule has 1 amide bonds. The van der Waals surface area contributed by atoms with Crippen molar-refractivity contribution in [1.29, 1.82) is 0 Å². The summed E-state index contributed by atoms with van der Waals surface area (Å²) in [5.74, 6) is -0.0618. The number of rotatable bonds is 14. The smallest absolute Gasteiger partial charge is 0.224 e. The van der Waals surface area contributed by atoms with Crippen LogP contribution in [0.15, 0.2) is 12.4 Å². The summed E-state index contributed by atoms with van der Waals surface area (Å²) in [5, 5.41) is 7.91. The minimum Gasteiger partial charge on any atom is -0.352 e. The van der Waals surface area contributed by atoms with Crippen molar-refractivity contribution in [3.05, 3.63) is 17.4 Å². The molecule has 2 unspecified atom stereocenters. The Kier molecular flexibility index (Phi) is 11.6. The molecule has 150 valence electrons. The molecule has 1 aromatic rings. The lowest BCUT2D eigenvalue weighted by Crippen LogP contribution is -2.45. The first-order valence-corrected chi connectivity index (χ1v) is 10.5. The third-order valence-corrected chi connectivity index (χ3v) is 4.78. The van der Waals surface area contributed by atoms with E-state index in [2.05, 4.69) is 36.1 Å². The zero-order chi connectivity index (χ0) is 19.4. The van der Waals surface area contributed by atoms with E-state index in [1.54, 1.807) is 17.1 Å². The molecular weight excluding hydrogens is 348 g/mol. The van der Waals surface area contributed by atoms with Gasteiger partial charge in [-0.15, -0.1) is 0 Å². The second-order valence-corrected chi connectivity index (χ2v) is 7.84. The van der Waals surface area contributed by atoms with Gasteiger partial charge in [0.2, 0.25) is 5.91 Å². The summed E-state index contributed by atoms with van der Waals surface area (Å²) < 4.78 is 1.72. The highest BCUT2D eigenvalue weighted by atomic mass is 35.5. The Hall–Kier alpha value is -1.07. The standard InChI is InChI=1S/C20H37ClN4O/c1-5-7-9-11-24(12-10-8-6-2)15-18(4)23-20(26)17(3)14-25-16-19(21)13-22-25/h13,16-18H,5-12,14-15H2,1-4H3,(H,23,26). The van der Waals surface area contributed by atoms with E-state index in [1.807, 2.05) is 6.92 Å². The van der Waals surface area contributed by atoms with Gasteiger partial charge in [0.1, 0.15) is 0 Å². The number of nitrogens with one attached hydrogen (secondary N) is 1. The summed E-state index contributed by atoms with van der Waals surface area (Å²) in [7, 11) is 0. The van der Waals surface area contributed by atoms with Gasteiger partial charge in [-0.2, -0.15) is 5.10 Å². The molecule has 0 aromatic carbocycles. The van der Waals surface area contributed by atoms with Gasteiger partial charge in [-0.3, -0.25) is 9.48 Å². The van der Waals surface area contributed by atoms with Crippen LogP contribution in [0, 0.1) is 5.92 Å². The van der Waals surface area contributed by atoms with Gasteiger partial charge < -0.3 is 10.2 Å². The van der Waals surface area contributed by atoms with Gasteiger partial charge in [0.15, 0.2) is 0 Å². The maximum atomic E-state index is 12.5. The number of amides is 1. The van der Waals surface area contributed by atoms with Crippen LogP contribution in [0.5, 0.6) is 0 Å². The Morgan fingerprint density at radius 3 is 2.31 bits per heavy atom. The van der Waals surface area contributed by atoms with Crippen LogP contribution in [0.2, 0.25) is 5.02 Å². The van der Waals surface area contributed by atoms with Crippen molar-refractivity contribution in [3.8, 4) is 0 Å². The molecule has 0 aliphatic rings. The molecule has 0 aliphatic carbocycles. The number of unbranched alkanes of at least 4 members (excludes halogenated alkanes) is 4. The van der Waals surface area contributed by atoms with Crippen molar-refractivity contribution in [1.82, 2.24) is 20.0 Å². The van der Waals surface area contributed by atoms with Crippen LogP contribution >= 0.6 is 11.6 Å². The number of hydrogen-bond donors (Lipinski definition) is 1. The Morgan fingerprint density at radius 2 is 1.81 bits per heavy atom. The Bertz CT molecular complexity index is 496. The summed E-state index contributed by atoms with van der Waals surface area (Å²) in [6, 6.07) is 0.148. The molecule has 2 atom stereocenters. The molecule has 0 spiro atoms. The summed E-state index contributed by atoms with van der Waals surface area (Å²) in [4.78, 5) is 15.0.